The summed E-state index contributed by atoms with van der Waals surface area (Å²) >= 11 is 5.84. The summed E-state index contributed by atoms with van der Waals surface area (Å²) in [6.07, 6.45) is -0.574. The van der Waals surface area contributed by atoms with E-state index in [9.17, 15) is 5.11 Å². The van der Waals surface area contributed by atoms with Gasteiger partial charge in [-0.05, 0) is 25.1 Å². The molecule has 0 heterocycles. The molecule has 0 fully saturated rings. The van der Waals surface area contributed by atoms with Crippen molar-refractivity contribution < 1.29 is 14.6 Å². The van der Waals surface area contributed by atoms with Crippen LogP contribution in [0.5, 0.6) is 5.75 Å². The number of aliphatic hydroxyl groups is 1. The summed E-state index contributed by atoms with van der Waals surface area (Å²) < 4.78 is 10.8. The number of hydrogen-bond acceptors (Lipinski definition) is 4. The maximum atomic E-state index is 9.75. The number of ether oxygens (including phenoxy) is 2. The van der Waals surface area contributed by atoms with E-state index in [4.69, 9.17) is 21.1 Å². The fourth-order valence-electron chi connectivity index (χ4n) is 1.47. The molecule has 1 atom stereocenters. The minimum Gasteiger partial charge on any atom is -0.491 e. The molecule has 112 valence electrons. The lowest BCUT2D eigenvalue weighted by Gasteiger charge is -2.13. The van der Waals surface area contributed by atoms with Gasteiger partial charge in [0.15, 0.2) is 0 Å². The molecule has 0 amide bonds. The van der Waals surface area contributed by atoms with E-state index >= 15 is 0 Å². The van der Waals surface area contributed by atoms with Crippen molar-refractivity contribution in [1.29, 1.82) is 0 Å². The van der Waals surface area contributed by atoms with Gasteiger partial charge in [-0.25, -0.2) is 0 Å². The second-order valence-electron chi connectivity index (χ2n) is 4.64. The number of aliphatic hydroxyl groups excluding tert-OH is 1. The number of nitrogens with one attached hydrogen (secondary N) is 1. The standard InChI is InChI=1S/C15H22ClNO3/c1-12(2)10-19-7-6-17-9-14(18)11-20-15-5-3-4-13(16)8-15/h3-5,8,14,17-18H,1,6-7,9-11H2,2H3. The van der Waals surface area contributed by atoms with Crippen molar-refractivity contribution in [2.75, 3.05) is 32.9 Å². The zero-order chi connectivity index (χ0) is 14.8. The number of halogens is 1. The van der Waals surface area contributed by atoms with E-state index < -0.39 is 6.10 Å². The van der Waals surface area contributed by atoms with Crippen molar-refractivity contribution in [2.24, 2.45) is 0 Å². The first-order valence-corrected chi connectivity index (χ1v) is 6.95. The molecule has 20 heavy (non-hydrogen) atoms. The van der Waals surface area contributed by atoms with Gasteiger partial charge in [0.25, 0.3) is 0 Å². The van der Waals surface area contributed by atoms with E-state index in [0.29, 0.717) is 37.1 Å². The number of benzene rings is 1. The van der Waals surface area contributed by atoms with E-state index in [2.05, 4.69) is 11.9 Å². The highest BCUT2D eigenvalue weighted by molar-refractivity contribution is 6.30. The molecule has 0 aliphatic carbocycles. The van der Waals surface area contributed by atoms with Gasteiger partial charge in [-0.3, -0.25) is 0 Å². The van der Waals surface area contributed by atoms with Gasteiger partial charge in [0, 0.05) is 18.1 Å². The summed E-state index contributed by atoms with van der Waals surface area (Å²) in [5, 5.41) is 13.5. The average molecular weight is 300 g/mol. The van der Waals surface area contributed by atoms with Crippen LogP contribution < -0.4 is 10.1 Å². The quantitative estimate of drug-likeness (QED) is 0.514. The van der Waals surface area contributed by atoms with Crippen molar-refractivity contribution in [3.8, 4) is 5.75 Å². The van der Waals surface area contributed by atoms with Crippen molar-refractivity contribution >= 4 is 11.6 Å². The molecular formula is C15H22ClNO3. The molecule has 0 spiro atoms. The van der Waals surface area contributed by atoms with Gasteiger partial charge < -0.3 is 19.9 Å². The van der Waals surface area contributed by atoms with Crippen LogP contribution in [-0.2, 0) is 4.74 Å². The van der Waals surface area contributed by atoms with Crippen molar-refractivity contribution in [2.45, 2.75) is 13.0 Å². The number of rotatable bonds is 10. The van der Waals surface area contributed by atoms with E-state index in [1.165, 1.54) is 0 Å². The molecule has 2 N–H and O–H groups in total. The van der Waals surface area contributed by atoms with Gasteiger partial charge >= 0.3 is 0 Å². The van der Waals surface area contributed by atoms with Crippen LogP contribution in [0.2, 0.25) is 5.02 Å². The van der Waals surface area contributed by atoms with Crippen molar-refractivity contribution in [3.63, 3.8) is 0 Å². The van der Waals surface area contributed by atoms with E-state index in [1.807, 2.05) is 6.92 Å². The van der Waals surface area contributed by atoms with Crippen LogP contribution in [-0.4, -0.2) is 44.1 Å². The van der Waals surface area contributed by atoms with Gasteiger partial charge in [-0.15, -0.1) is 0 Å². The third-order valence-corrected chi connectivity index (χ3v) is 2.63. The lowest BCUT2D eigenvalue weighted by molar-refractivity contribution is 0.101. The van der Waals surface area contributed by atoms with Gasteiger partial charge in [0.2, 0.25) is 0 Å². The lowest BCUT2D eigenvalue weighted by Crippen LogP contribution is -2.33. The molecule has 4 nitrogen and oxygen atoms in total. The zero-order valence-electron chi connectivity index (χ0n) is 11.8. The van der Waals surface area contributed by atoms with Crippen molar-refractivity contribution in [3.05, 3.63) is 41.4 Å². The largest absolute Gasteiger partial charge is 0.491 e. The Labute approximate surface area is 125 Å². The molecule has 1 unspecified atom stereocenters. The fourth-order valence-corrected chi connectivity index (χ4v) is 1.65. The van der Waals surface area contributed by atoms with Gasteiger partial charge in [0.1, 0.15) is 18.5 Å². The molecule has 5 heteroatoms. The molecule has 0 aliphatic heterocycles. The van der Waals surface area contributed by atoms with Crippen molar-refractivity contribution in [1.82, 2.24) is 5.32 Å². The maximum Gasteiger partial charge on any atom is 0.120 e. The Kier molecular flexibility index (Phi) is 8.30. The molecule has 0 aromatic heterocycles. The van der Waals surface area contributed by atoms with E-state index in [1.54, 1.807) is 24.3 Å². The van der Waals surface area contributed by atoms with Gasteiger partial charge in [-0.1, -0.05) is 29.8 Å². The lowest BCUT2D eigenvalue weighted by atomic mass is 10.3. The smallest absolute Gasteiger partial charge is 0.120 e. The topological polar surface area (TPSA) is 50.7 Å². The fraction of sp³-hybridized carbons (Fsp3) is 0.467. The first-order valence-electron chi connectivity index (χ1n) is 6.57. The molecule has 0 aliphatic rings. The van der Waals surface area contributed by atoms with Crippen LogP contribution in [0.3, 0.4) is 0 Å². The molecular weight excluding hydrogens is 278 g/mol. The summed E-state index contributed by atoms with van der Waals surface area (Å²) in [6, 6.07) is 7.10. The molecule has 0 radical (unpaired) electrons. The Hall–Kier alpha value is -1.07. The first-order chi connectivity index (χ1) is 9.58. The van der Waals surface area contributed by atoms with Gasteiger partial charge in [0.05, 0.1) is 13.2 Å². The molecule has 1 aromatic carbocycles. The highest BCUT2D eigenvalue weighted by atomic mass is 35.5. The SMILES string of the molecule is C=C(C)COCCNCC(O)COc1cccc(Cl)c1. The van der Waals surface area contributed by atoms with Crippen LogP contribution >= 0.6 is 11.6 Å². The minimum atomic E-state index is -0.574. The van der Waals surface area contributed by atoms with Crippen LogP contribution in [0.1, 0.15) is 6.92 Å². The summed E-state index contributed by atoms with van der Waals surface area (Å²) in [6.45, 7) is 8.19. The van der Waals surface area contributed by atoms with E-state index in [-0.39, 0.29) is 6.61 Å². The Bertz CT molecular complexity index is 412. The van der Waals surface area contributed by atoms with Crippen LogP contribution in [0, 0.1) is 0 Å². The highest BCUT2D eigenvalue weighted by Crippen LogP contribution is 2.17. The second-order valence-corrected chi connectivity index (χ2v) is 5.07. The predicted molar refractivity (Wildman–Crippen MR) is 81.5 cm³/mol. The zero-order valence-corrected chi connectivity index (χ0v) is 12.5. The van der Waals surface area contributed by atoms with Crippen LogP contribution in [0.25, 0.3) is 0 Å². The summed E-state index contributed by atoms with van der Waals surface area (Å²) in [5.74, 6) is 0.654. The van der Waals surface area contributed by atoms with Crippen LogP contribution in [0.15, 0.2) is 36.4 Å². The summed E-state index contributed by atoms with van der Waals surface area (Å²) in [4.78, 5) is 0. The molecule has 0 saturated heterocycles. The highest BCUT2D eigenvalue weighted by Gasteiger charge is 2.05. The Morgan fingerprint density at radius 2 is 2.30 bits per heavy atom. The molecule has 1 aromatic rings. The maximum absolute atomic E-state index is 9.75. The molecule has 1 rings (SSSR count). The average Bonchev–Trinajstić information content (AvgIpc) is 2.40. The summed E-state index contributed by atoms with van der Waals surface area (Å²) in [5.41, 5.74) is 1.000. The molecule has 0 bridgehead atoms. The Balaban J connectivity index is 2.06. The molecule has 0 saturated carbocycles. The monoisotopic (exact) mass is 299 g/mol. The van der Waals surface area contributed by atoms with Gasteiger partial charge in [-0.2, -0.15) is 0 Å². The normalized spacial score (nSPS) is 12.2. The Morgan fingerprint density at radius 1 is 1.50 bits per heavy atom. The Morgan fingerprint density at radius 3 is 3.00 bits per heavy atom. The first kappa shape index (κ1) is 17.0. The summed E-state index contributed by atoms with van der Waals surface area (Å²) in [7, 11) is 0. The third-order valence-electron chi connectivity index (χ3n) is 2.39. The number of hydrogen-bond donors (Lipinski definition) is 2. The van der Waals surface area contributed by atoms with Crippen LogP contribution in [0.4, 0.5) is 0 Å². The van der Waals surface area contributed by atoms with E-state index in [0.717, 1.165) is 5.57 Å². The second kappa shape index (κ2) is 9.77. The predicted octanol–water partition coefficient (Wildman–Crippen LogP) is 2.26. The minimum absolute atomic E-state index is 0.222. The third kappa shape index (κ3) is 8.17.